The molecule has 0 saturated heterocycles. The van der Waals surface area contributed by atoms with Crippen molar-refractivity contribution in [2.45, 2.75) is 20.3 Å². The second-order valence-corrected chi connectivity index (χ2v) is 5.12. The van der Waals surface area contributed by atoms with Crippen LogP contribution in [0, 0.1) is 0 Å². The van der Waals surface area contributed by atoms with Crippen molar-refractivity contribution in [2.24, 2.45) is 0 Å². The van der Waals surface area contributed by atoms with E-state index in [1.54, 1.807) is 12.1 Å². The van der Waals surface area contributed by atoms with Gasteiger partial charge >= 0.3 is 0 Å². The minimum atomic E-state index is 0.304. The summed E-state index contributed by atoms with van der Waals surface area (Å²) in [5, 5.41) is 9.36. The lowest BCUT2D eigenvalue weighted by molar-refractivity contribution is 0.475. The molecule has 2 aromatic carbocycles. The number of aromatic hydroxyl groups is 1. The number of benzene rings is 2. The van der Waals surface area contributed by atoms with Gasteiger partial charge in [-0.15, -0.1) is 0 Å². The predicted octanol–water partition coefficient (Wildman–Crippen LogP) is 4.96. The Morgan fingerprint density at radius 2 is 1.70 bits per heavy atom. The van der Waals surface area contributed by atoms with E-state index in [0.29, 0.717) is 5.75 Å². The minimum Gasteiger partial charge on any atom is -0.508 e. The van der Waals surface area contributed by atoms with E-state index in [-0.39, 0.29) is 0 Å². The molecule has 0 saturated carbocycles. The third-order valence-electron chi connectivity index (χ3n) is 3.38. The number of phenolic OH excluding ortho intramolecular Hbond substituents is 1. The molecule has 0 spiro atoms. The van der Waals surface area contributed by atoms with Crippen LogP contribution < -0.4 is 0 Å². The van der Waals surface area contributed by atoms with E-state index in [2.05, 4.69) is 44.7 Å². The molecule has 0 heterocycles. The average Bonchev–Trinajstić information content (AvgIpc) is 2.43. The van der Waals surface area contributed by atoms with E-state index >= 15 is 0 Å². The first-order valence-electron chi connectivity index (χ1n) is 6.78. The van der Waals surface area contributed by atoms with Crippen LogP contribution in [0.1, 0.15) is 30.5 Å². The van der Waals surface area contributed by atoms with Crippen LogP contribution in [0.15, 0.2) is 66.8 Å². The summed E-state index contributed by atoms with van der Waals surface area (Å²) in [6.07, 6.45) is 2.77. The van der Waals surface area contributed by atoms with Gasteiger partial charge in [0.1, 0.15) is 5.75 Å². The minimum absolute atomic E-state index is 0.304. The smallest absolute Gasteiger partial charge is 0.115 e. The topological polar surface area (TPSA) is 20.2 Å². The fraction of sp³-hybridized carbons (Fsp3) is 0.158. The van der Waals surface area contributed by atoms with Crippen LogP contribution in [0.5, 0.6) is 5.75 Å². The Morgan fingerprint density at radius 1 is 1.05 bits per heavy atom. The SMILES string of the molecule is C=CC(=C(C)C)c1ccccc1Cc1ccc(O)cc1. The van der Waals surface area contributed by atoms with Gasteiger partial charge in [-0.3, -0.25) is 0 Å². The molecule has 0 aromatic heterocycles. The maximum atomic E-state index is 9.36. The molecule has 2 rings (SSSR count). The number of phenols is 1. The Kier molecular flexibility index (Phi) is 4.41. The summed E-state index contributed by atoms with van der Waals surface area (Å²) in [5.74, 6) is 0.304. The molecule has 0 aliphatic rings. The summed E-state index contributed by atoms with van der Waals surface area (Å²) >= 11 is 0. The fourth-order valence-corrected chi connectivity index (χ4v) is 2.35. The van der Waals surface area contributed by atoms with Gasteiger partial charge in [0.2, 0.25) is 0 Å². The lowest BCUT2D eigenvalue weighted by Gasteiger charge is -2.12. The van der Waals surface area contributed by atoms with Crippen LogP contribution >= 0.6 is 0 Å². The second-order valence-electron chi connectivity index (χ2n) is 5.12. The van der Waals surface area contributed by atoms with Crippen LogP contribution in [0.2, 0.25) is 0 Å². The molecule has 0 bridgehead atoms. The predicted molar refractivity (Wildman–Crippen MR) is 85.8 cm³/mol. The number of hydrogen-bond acceptors (Lipinski definition) is 1. The Bertz CT molecular complexity index is 629. The van der Waals surface area contributed by atoms with Gasteiger partial charge in [0, 0.05) is 0 Å². The molecule has 0 aliphatic heterocycles. The van der Waals surface area contributed by atoms with Crippen molar-refractivity contribution >= 4 is 5.57 Å². The highest BCUT2D eigenvalue weighted by Crippen LogP contribution is 2.25. The van der Waals surface area contributed by atoms with E-state index in [9.17, 15) is 5.11 Å². The standard InChI is InChI=1S/C19H20O/c1-4-18(14(2)3)19-8-6-5-7-16(19)13-15-9-11-17(20)12-10-15/h4-12,20H,1,13H2,2-3H3. The van der Waals surface area contributed by atoms with Crippen LogP contribution in [-0.2, 0) is 6.42 Å². The maximum Gasteiger partial charge on any atom is 0.115 e. The first-order valence-corrected chi connectivity index (χ1v) is 6.78. The van der Waals surface area contributed by atoms with Crippen molar-refractivity contribution in [1.29, 1.82) is 0 Å². The van der Waals surface area contributed by atoms with E-state index in [1.165, 1.54) is 27.8 Å². The average molecular weight is 264 g/mol. The van der Waals surface area contributed by atoms with Crippen LogP contribution in [0.3, 0.4) is 0 Å². The molecule has 2 aromatic rings. The van der Waals surface area contributed by atoms with Gasteiger partial charge in [-0.05, 0) is 54.7 Å². The molecular weight excluding hydrogens is 244 g/mol. The summed E-state index contributed by atoms with van der Waals surface area (Å²) in [5.41, 5.74) is 6.15. The molecule has 1 nitrogen and oxygen atoms in total. The molecule has 0 atom stereocenters. The lowest BCUT2D eigenvalue weighted by Crippen LogP contribution is -1.95. The fourth-order valence-electron chi connectivity index (χ4n) is 2.35. The third-order valence-corrected chi connectivity index (χ3v) is 3.38. The zero-order valence-electron chi connectivity index (χ0n) is 12.1. The summed E-state index contributed by atoms with van der Waals surface area (Å²) < 4.78 is 0. The van der Waals surface area contributed by atoms with Gasteiger partial charge < -0.3 is 5.11 Å². The molecule has 0 unspecified atom stereocenters. The van der Waals surface area contributed by atoms with E-state index < -0.39 is 0 Å². The highest BCUT2D eigenvalue weighted by atomic mass is 16.3. The largest absolute Gasteiger partial charge is 0.508 e. The summed E-state index contributed by atoms with van der Waals surface area (Å²) in [7, 11) is 0. The van der Waals surface area contributed by atoms with Gasteiger partial charge in [-0.1, -0.05) is 54.6 Å². The summed E-state index contributed by atoms with van der Waals surface area (Å²) in [6.45, 7) is 8.14. The Balaban J connectivity index is 2.40. The first kappa shape index (κ1) is 14.1. The molecule has 0 amide bonds. The Hall–Kier alpha value is -2.28. The first-order chi connectivity index (χ1) is 9.61. The van der Waals surface area contributed by atoms with Gasteiger partial charge in [0.25, 0.3) is 0 Å². The number of hydrogen-bond donors (Lipinski definition) is 1. The molecule has 0 radical (unpaired) electrons. The van der Waals surface area contributed by atoms with Crippen LogP contribution in [0.25, 0.3) is 5.57 Å². The van der Waals surface area contributed by atoms with E-state index in [0.717, 1.165) is 6.42 Å². The number of allylic oxidation sites excluding steroid dienone is 3. The molecule has 1 N–H and O–H groups in total. The Morgan fingerprint density at radius 3 is 2.30 bits per heavy atom. The van der Waals surface area contributed by atoms with Gasteiger partial charge in [0.05, 0.1) is 0 Å². The van der Waals surface area contributed by atoms with Crippen molar-refractivity contribution < 1.29 is 5.11 Å². The molecule has 0 fully saturated rings. The van der Waals surface area contributed by atoms with Crippen molar-refractivity contribution in [3.63, 3.8) is 0 Å². The number of rotatable bonds is 4. The Labute approximate surface area is 120 Å². The van der Waals surface area contributed by atoms with Crippen LogP contribution in [0.4, 0.5) is 0 Å². The van der Waals surface area contributed by atoms with Gasteiger partial charge in [-0.2, -0.15) is 0 Å². The quantitative estimate of drug-likeness (QED) is 0.774. The van der Waals surface area contributed by atoms with E-state index in [1.807, 2.05) is 18.2 Å². The molecule has 20 heavy (non-hydrogen) atoms. The second kappa shape index (κ2) is 6.25. The summed E-state index contributed by atoms with van der Waals surface area (Å²) in [4.78, 5) is 0. The van der Waals surface area contributed by atoms with Crippen molar-refractivity contribution in [2.75, 3.05) is 0 Å². The van der Waals surface area contributed by atoms with Gasteiger partial charge in [0.15, 0.2) is 0 Å². The molecule has 102 valence electrons. The molecular formula is C19H20O. The zero-order valence-corrected chi connectivity index (χ0v) is 12.1. The lowest BCUT2D eigenvalue weighted by atomic mass is 9.93. The third kappa shape index (κ3) is 3.18. The normalized spacial score (nSPS) is 10.1. The van der Waals surface area contributed by atoms with Crippen molar-refractivity contribution in [3.05, 3.63) is 83.4 Å². The summed E-state index contributed by atoms with van der Waals surface area (Å²) in [6, 6.07) is 15.8. The maximum absolute atomic E-state index is 9.36. The van der Waals surface area contributed by atoms with Crippen LogP contribution in [-0.4, -0.2) is 5.11 Å². The molecule has 1 heteroatoms. The highest BCUT2D eigenvalue weighted by molar-refractivity contribution is 5.77. The van der Waals surface area contributed by atoms with Crippen molar-refractivity contribution in [3.8, 4) is 5.75 Å². The zero-order chi connectivity index (χ0) is 14.5. The molecule has 0 aliphatic carbocycles. The monoisotopic (exact) mass is 264 g/mol. The van der Waals surface area contributed by atoms with Gasteiger partial charge in [-0.25, -0.2) is 0 Å². The van der Waals surface area contributed by atoms with E-state index in [4.69, 9.17) is 0 Å². The van der Waals surface area contributed by atoms with Crippen molar-refractivity contribution in [1.82, 2.24) is 0 Å². The highest BCUT2D eigenvalue weighted by Gasteiger charge is 2.07.